The smallest absolute Gasteiger partial charge is 0.338 e. The number of allylic oxidation sites excluding steroid dienone is 3. The molecule has 1 aromatic heterocycles. The molecule has 4 aromatic carbocycles. The molecule has 7 rings (SSSR count). The lowest BCUT2D eigenvalue weighted by Crippen LogP contribution is -2.46. The van der Waals surface area contributed by atoms with Crippen molar-refractivity contribution in [2.45, 2.75) is 62.9 Å². The molecule has 0 amide bonds. The molecule has 2 aliphatic heterocycles. The van der Waals surface area contributed by atoms with Gasteiger partial charge in [0.2, 0.25) is 0 Å². The van der Waals surface area contributed by atoms with Gasteiger partial charge in [-0.05, 0) is 147 Å². The third kappa shape index (κ3) is 12.7. The average Bonchev–Trinajstić information content (AvgIpc) is 3.62. The summed E-state index contributed by atoms with van der Waals surface area (Å²) >= 11 is 6.21. The predicted octanol–water partition coefficient (Wildman–Crippen LogP) is 10.5. The molecule has 2 aliphatic rings. The van der Waals surface area contributed by atoms with Gasteiger partial charge >= 0.3 is 5.97 Å². The number of sulfonamides is 1. The van der Waals surface area contributed by atoms with Crippen LogP contribution in [-0.2, 0) is 26.4 Å². The minimum atomic E-state index is -4.19. The van der Waals surface area contributed by atoms with Crippen LogP contribution in [0.2, 0.25) is 5.02 Å². The Morgan fingerprint density at radius 3 is 2.16 bits per heavy atom. The Hall–Kier alpha value is -5.39. The first-order valence-corrected chi connectivity index (χ1v) is 28.4. The molecule has 0 spiro atoms. The van der Waals surface area contributed by atoms with E-state index in [4.69, 9.17) is 11.6 Å². The van der Waals surface area contributed by atoms with Gasteiger partial charge in [-0.15, -0.1) is 0 Å². The topological polar surface area (TPSA) is 144 Å². The molecule has 0 radical (unpaired) electrons. The van der Waals surface area contributed by atoms with Crippen LogP contribution in [0.3, 0.4) is 0 Å². The number of aromatic carboxylic acids is 1. The fourth-order valence-corrected chi connectivity index (χ4v) is 12.8. The Morgan fingerprint density at radius 2 is 1.55 bits per heavy atom. The molecule has 17 heteroatoms. The van der Waals surface area contributed by atoms with Crippen LogP contribution in [0.25, 0.3) is 22.4 Å². The van der Waals surface area contributed by atoms with Gasteiger partial charge in [-0.25, -0.2) is 26.0 Å². The molecule has 12 nitrogen and oxygen atoms in total. The van der Waals surface area contributed by atoms with Crippen LogP contribution < -0.4 is 19.8 Å². The fraction of sp³-hybridized carbons (Fsp3) is 0.346. The van der Waals surface area contributed by atoms with E-state index < -0.39 is 31.6 Å². The Balaban J connectivity index is 1.04. The Labute approximate surface area is 414 Å². The van der Waals surface area contributed by atoms with E-state index in [2.05, 4.69) is 68.6 Å². The highest BCUT2D eigenvalue weighted by molar-refractivity contribution is 8.17. The van der Waals surface area contributed by atoms with Crippen LogP contribution in [-0.4, -0.2) is 107 Å². The van der Waals surface area contributed by atoms with Crippen molar-refractivity contribution in [1.29, 1.82) is 0 Å². The van der Waals surface area contributed by atoms with Gasteiger partial charge in [0, 0.05) is 84.9 Å². The van der Waals surface area contributed by atoms with Crippen LogP contribution in [0, 0.1) is 18.7 Å². The Bertz CT molecular complexity index is 2980. The largest absolute Gasteiger partial charge is 0.478 e. The van der Waals surface area contributed by atoms with Crippen LogP contribution in [0.5, 0.6) is 0 Å². The van der Waals surface area contributed by atoms with E-state index in [1.807, 2.05) is 47.9 Å². The number of nitrogens with one attached hydrogen (secondary N) is 2. The maximum atomic E-state index is 15.6. The van der Waals surface area contributed by atoms with Gasteiger partial charge in [-0.1, -0.05) is 55.8 Å². The number of carboxylic acid groups (broad SMARTS) is 1. The van der Waals surface area contributed by atoms with Crippen LogP contribution in [0.15, 0.2) is 118 Å². The van der Waals surface area contributed by atoms with Crippen molar-refractivity contribution in [3.63, 3.8) is 0 Å². The SMILES string of the molecule is CCn1c(C)c(C(=O)O)c(-c2cc(F)cc(N3CCN(c4ccc(NS(=O)(=O)c5ccc(N[C@H](CCN(C)CC(C)C)CCS6=CC=CC=C6)c(S(C)(=O)=O)c5)cc4)CC3)c2)c1-c1ccc(Cl)cc1. The molecule has 368 valence electrons. The molecule has 3 heterocycles. The quantitative estimate of drug-likeness (QED) is 0.0645. The number of aromatic nitrogens is 1. The summed E-state index contributed by atoms with van der Waals surface area (Å²) in [6.45, 7) is 12.6. The zero-order valence-corrected chi connectivity index (χ0v) is 43.2. The summed E-state index contributed by atoms with van der Waals surface area (Å²) < 4.78 is 74.3. The number of rotatable bonds is 20. The zero-order valence-electron chi connectivity index (χ0n) is 40.0. The molecule has 0 saturated carbocycles. The van der Waals surface area contributed by atoms with Gasteiger partial charge in [0.1, 0.15) is 5.82 Å². The summed E-state index contributed by atoms with van der Waals surface area (Å²) in [6, 6.07) is 23.0. The molecular weight excluding hydrogens is 955 g/mol. The summed E-state index contributed by atoms with van der Waals surface area (Å²) in [5.41, 5.74) is 5.22. The lowest BCUT2D eigenvalue weighted by Gasteiger charge is -2.37. The maximum Gasteiger partial charge on any atom is 0.338 e. The highest BCUT2D eigenvalue weighted by atomic mass is 35.5. The van der Waals surface area contributed by atoms with Crippen LogP contribution in [0.4, 0.5) is 27.1 Å². The monoisotopic (exact) mass is 1020 g/mol. The predicted molar refractivity (Wildman–Crippen MR) is 285 cm³/mol. The number of benzene rings is 4. The lowest BCUT2D eigenvalue weighted by atomic mass is 9.96. The van der Waals surface area contributed by atoms with Gasteiger partial charge in [0.25, 0.3) is 10.0 Å². The second-order valence-corrected chi connectivity index (χ2v) is 24.1. The third-order valence-corrected chi connectivity index (χ3v) is 16.9. The van der Waals surface area contributed by atoms with Crippen molar-refractivity contribution in [3.05, 3.63) is 131 Å². The average molecular weight is 1020 g/mol. The number of halogens is 2. The van der Waals surface area contributed by atoms with Crippen LogP contribution >= 0.6 is 22.1 Å². The van der Waals surface area contributed by atoms with Crippen molar-refractivity contribution in [2.75, 3.05) is 78.2 Å². The molecular formula is C52H62ClFN6O6S3. The highest BCUT2D eigenvalue weighted by Crippen LogP contribution is 2.41. The van der Waals surface area contributed by atoms with Gasteiger partial charge in [0.05, 0.1) is 26.7 Å². The van der Waals surface area contributed by atoms with E-state index in [0.717, 1.165) is 49.2 Å². The van der Waals surface area contributed by atoms with Crippen molar-refractivity contribution in [1.82, 2.24) is 9.47 Å². The van der Waals surface area contributed by atoms with Gasteiger partial charge in [-0.3, -0.25) is 4.72 Å². The molecule has 3 N–H and O–H groups in total. The summed E-state index contributed by atoms with van der Waals surface area (Å²) in [4.78, 5) is 19.0. The first kappa shape index (κ1) is 51.5. The summed E-state index contributed by atoms with van der Waals surface area (Å²) in [5, 5.41) is 18.8. The highest BCUT2D eigenvalue weighted by Gasteiger charge is 2.29. The standard InChI is InChI=1S/C52H62ClFN6O6S3/c1-7-60-37(4)49(52(61)62)50(51(60)38-11-13-40(53)14-12-38)39-31-41(54)33-45(32-39)59-26-24-58(25-27-59)44-17-15-43(16-18-44)56-69(65,66)46-19-20-47(48(34-46)68(6,63)64)55-42(21-23-57(5)35-36(2)3)22-30-67-28-9-8-10-29-67/h8-20,28-29,31-34,36,42,55-56H,7,21-27,30,35H2,1-6H3,(H,61,62)/t42-/m1/s1. The molecule has 0 bridgehead atoms. The first-order chi connectivity index (χ1) is 32.8. The number of carboxylic acids is 1. The van der Waals surface area contributed by atoms with E-state index in [-0.39, 0.29) is 31.9 Å². The molecule has 2 atom stereocenters. The fourth-order valence-electron chi connectivity index (χ4n) is 9.17. The van der Waals surface area contributed by atoms with Gasteiger partial charge in [-0.2, -0.15) is 10.5 Å². The van der Waals surface area contributed by atoms with Crippen LogP contribution in [0.1, 0.15) is 49.7 Å². The molecule has 1 unspecified atom stereocenters. The van der Waals surface area contributed by atoms with Crippen molar-refractivity contribution in [2.24, 2.45) is 5.92 Å². The van der Waals surface area contributed by atoms with Gasteiger partial charge in [0.15, 0.2) is 9.84 Å². The van der Waals surface area contributed by atoms with Gasteiger partial charge < -0.3 is 29.7 Å². The summed E-state index contributed by atoms with van der Waals surface area (Å²) in [7, 11) is -5.96. The number of hydrogen-bond donors (Lipinski definition) is 3. The van der Waals surface area contributed by atoms with E-state index in [1.165, 1.54) is 24.3 Å². The minimum Gasteiger partial charge on any atom is -0.478 e. The summed E-state index contributed by atoms with van der Waals surface area (Å²) in [6.07, 6.45) is 8.78. The second-order valence-electron chi connectivity index (χ2n) is 18.1. The number of sulfone groups is 1. The Kier molecular flexibility index (Phi) is 16.5. The van der Waals surface area contributed by atoms with E-state index in [0.29, 0.717) is 83.2 Å². The number of carbonyl (C=O) groups is 1. The molecule has 1 saturated heterocycles. The van der Waals surface area contributed by atoms with E-state index in [9.17, 15) is 26.7 Å². The molecule has 0 aliphatic carbocycles. The van der Waals surface area contributed by atoms with Crippen molar-refractivity contribution < 1.29 is 31.1 Å². The third-order valence-electron chi connectivity index (χ3n) is 12.5. The first-order valence-electron chi connectivity index (χ1n) is 23.1. The number of piperazine rings is 1. The second kappa shape index (κ2) is 22.1. The van der Waals surface area contributed by atoms with Crippen molar-refractivity contribution >= 4 is 76.0 Å². The van der Waals surface area contributed by atoms with E-state index >= 15 is 4.39 Å². The zero-order chi connectivity index (χ0) is 49.6. The lowest BCUT2D eigenvalue weighted by molar-refractivity contribution is 0.0696. The number of anilines is 4. The van der Waals surface area contributed by atoms with Crippen molar-refractivity contribution in [3.8, 4) is 22.4 Å². The van der Waals surface area contributed by atoms with E-state index in [1.54, 1.807) is 37.3 Å². The molecule has 5 aromatic rings. The number of nitrogens with zero attached hydrogens (tertiary/aromatic N) is 4. The normalized spacial score (nSPS) is 15.7. The minimum absolute atomic E-state index is 0.0164. The molecule has 1 fully saturated rings. The Morgan fingerprint density at radius 1 is 0.870 bits per heavy atom. The maximum absolute atomic E-state index is 15.6. The number of hydrogen-bond acceptors (Lipinski definition) is 9. The summed E-state index contributed by atoms with van der Waals surface area (Å²) in [5.74, 6) is -0.165. The molecule has 69 heavy (non-hydrogen) atoms.